The van der Waals surface area contributed by atoms with Crippen LogP contribution in [0.4, 0.5) is 4.79 Å². The van der Waals surface area contributed by atoms with E-state index in [2.05, 4.69) is 27.7 Å². The molecule has 0 unspecified atom stereocenters. The number of unbranched alkanes of at least 4 members (excludes halogenated alkanes) is 23. The van der Waals surface area contributed by atoms with Gasteiger partial charge in [-0.2, -0.15) is 0 Å². The molecule has 0 fully saturated rings. The summed E-state index contributed by atoms with van der Waals surface area (Å²) in [6.45, 7) is 10.7. The van der Waals surface area contributed by atoms with E-state index in [-0.39, 0.29) is 6.03 Å². The Morgan fingerprint density at radius 1 is 0.389 bits per heavy atom. The standard InChI is InChI=1S/C17H36N2O.C16H34/c1-3-5-7-9-11-13-15-19(17(18)20)16-14-12-10-8-6-4-2;1-3-5-7-9-11-13-15-16-14-12-10-8-6-4-2/h3-16H2,1-2H3,(H2,18,20);3-16H2,1-2H3. The van der Waals surface area contributed by atoms with Gasteiger partial charge in [0.05, 0.1) is 0 Å². The van der Waals surface area contributed by atoms with Crippen LogP contribution in [0.1, 0.15) is 195 Å². The van der Waals surface area contributed by atoms with Crippen LogP contribution < -0.4 is 5.73 Å². The van der Waals surface area contributed by atoms with Crippen LogP contribution in [0.25, 0.3) is 0 Å². The highest BCUT2D eigenvalue weighted by Crippen LogP contribution is 2.13. The van der Waals surface area contributed by atoms with E-state index in [4.69, 9.17) is 5.73 Å². The highest BCUT2D eigenvalue weighted by molar-refractivity contribution is 5.71. The molecule has 3 heteroatoms. The normalized spacial score (nSPS) is 10.8. The fourth-order valence-electron chi connectivity index (χ4n) is 4.77. The van der Waals surface area contributed by atoms with Crippen LogP contribution in [-0.2, 0) is 0 Å². The van der Waals surface area contributed by atoms with Crippen LogP contribution in [0.3, 0.4) is 0 Å². The van der Waals surface area contributed by atoms with E-state index in [9.17, 15) is 4.79 Å². The van der Waals surface area contributed by atoms with Crippen LogP contribution in [0.5, 0.6) is 0 Å². The summed E-state index contributed by atoms with van der Waals surface area (Å²) in [6, 6.07) is -0.243. The van der Waals surface area contributed by atoms with Gasteiger partial charge in [0.25, 0.3) is 0 Å². The molecule has 0 aromatic heterocycles. The molecular weight excluding hydrogens is 440 g/mol. The molecule has 0 aliphatic rings. The average Bonchev–Trinajstić information content (AvgIpc) is 2.87. The molecule has 0 radical (unpaired) electrons. The van der Waals surface area contributed by atoms with Crippen LogP contribution in [-0.4, -0.2) is 24.0 Å². The Kier molecular flexibility index (Phi) is 35.6. The van der Waals surface area contributed by atoms with Gasteiger partial charge in [-0.1, -0.05) is 182 Å². The van der Waals surface area contributed by atoms with Crippen molar-refractivity contribution in [2.75, 3.05) is 13.1 Å². The molecule has 0 spiro atoms. The summed E-state index contributed by atoms with van der Waals surface area (Å²) >= 11 is 0. The van der Waals surface area contributed by atoms with E-state index >= 15 is 0 Å². The summed E-state index contributed by atoms with van der Waals surface area (Å²) in [5.41, 5.74) is 5.45. The SMILES string of the molecule is CCCCCCCCCCCCCCCC.CCCCCCCCN(CCCCCCCC)C(N)=O. The van der Waals surface area contributed by atoms with Crippen molar-refractivity contribution in [3.8, 4) is 0 Å². The number of hydrogen-bond donors (Lipinski definition) is 1. The number of amides is 2. The molecule has 0 saturated carbocycles. The Bertz CT molecular complexity index is 369. The number of urea groups is 1. The van der Waals surface area contributed by atoms with Crippen molar-refractivity contribution in [3.63, 3.8) is 0 Å². The number of primary amides is 1. The van der Waals surface area contributed by atoms with E-state index in [0.29, 0.717) is 0 Å². The molecule has 0 saturated heterocycles. The zero-order valence-corrected chi connectivity index (χ0v) is 25.7. The molecule has 0 atom stereocenters. The molecule has 36 heavy (non-hydrogen) atoms. The molecule has 0 aliphatic carbocycles. The van der Waals surface area contributed by atoms with Crippen LogP contribution in [0.15, 0.2) is 0 Å². The largest absolute Gasteiger partial charge is 0.351 e. The van der Waals surface area contributed by atoms with Crippen LogP contribution in [0.2, 0.25) is 0 Å². The van der Waals surface area contributed by atoms with Crippen LogP contribution in [0, 0.1) is 0 Å². The summed E-state index contributed by atoms with van der Waals surface area (Å²) in [4.78, 5) is 13.2. The second-order valence-electron chi connectivity index (χ2n) is 11.1. The lowest BCUT2D eigenvalue weighted by Crippen LogP contribution is -2.37. The van der Waals surface area contributed by atoms with Gasteiger partial charge in [0.15, 0.2) is 0 Å². The lowest BCUT2D eigenvalue weighted by molar-refractivity contribution is 0.205. The van der Waals surface area contributed by atoms with Gasteiger partial charge in [-0.05, 0) is 12.8 Å². The van der Waals surface area contributed by atoms with Gasteiger partial charge in [-0.3, -0.25) is 0 Å². The maximum Gasteiger partial charge on any atom is 0.314 e. The van der Waals surface area contributed by atoms with Gasteiger partial charge in [-0.15, -0.1) is 0 Å². The van der Waals surface area contributed by atoms with E-state index < -0.39 is 0 Å². The average molecular weight is 511 g/mol. The Labute approximate surface area is 229 Å². The predicted octanol–water partition coefficient (Wildman–Crippen LogP) is 11.6. The summed E-state index contributed by atoms with van der Waals surface area (Å²) in [5.74, 6) is 0. The zero-order chi connectivity index (χ0) is 27.0. The molecule has 2 amide bonds. The first-order valence-electron chi connectivity index (χ1n) is 16.7. The minimum Gasteiger partial charge on any atom is -0.351 e. The van der Waals surface area contributed by atoms with E-state index in [1.165, 1.54) is 154 Å². The molecule has 0 aromatic rings. The third-order valence-electron chi connectivity index (χ3n) is 7.33. The summed E-state index contributed by atoms with van der Waals surface area (Å²) in [6.07, 6.45) is 35.5. The Morgan fingerprint density at radius 2 is 0.583 bits per heavy atom. The molecule has 0 aliphatic heterocycles. The molecule has 218 valence electrons. The zero-order valence-electron chi connectivity index (χ0n) is 25.7. The highest BCUT2D eigenvalue weighted by Gasteiger charge is 2.08. The van der Waals surface area contributed by atoms with Crippen molar-refractivity contribution in [1.29, 1.82) is 0 Å². The lowest BCUT2D eigenvalue weighted by Gasteiger charge is -2.20. The molecule has 0 heterocycles. The number of nitrogens with zero attached hydrogens (tertiary/aromatic N) is 1. The van der Waals surface area contributed by atoms with Crippen molar-refractivity contribution in [2.24, 2.45) is 5.73 Å². The second-order valence-corrected chi connectivity index (χ2v) is 11.1. The van der Waals surface area contributed by atoms with Crippen molar-refractivity contribution < 1.29 is 4.79 Å². The first-order valence-corrected chi connectivity index (χ1v) is 16.7. The number of carbonyl (C=O) groups excluding carboxylic acids is 1. The first-order chi connectivity index (χ1) is 17.6. The van der Waals surface area contributed by atoms with E-state index in [1.807, 2.05) is 4.90 Å². The van der Waals surface area contributed by atoms with Crippen molar-refractivity contribution in [3.05, 3.63) is 0 Å². The molecule has 3 nitrogen and oxygen atoms in total. The van der Waals surface area contributed by atoms with Crippen molar-refractivity contribution >= 4 is 6.03 Å². The monoisotopic (exact) mass is 511 g/mol. The topological polar surface area (TPSA) is 46.3 Å². The Hall–Kier alpha value is -0.730. The highest BCUT2D eigenvalue weighted by atomic mass is 16.2. The van der Waals surface area contributed by atoms with Crippen molar-refractivity contribution in [2.45, 2.75) is 195 Å². The van der Waals surface area contributed by atoms with E-state index in [0.717, 1.165) is 25.9 Å². The molecule has 0 rings (SSSR count). The molecule has 0 bridgehead atoms. The number of carbonyl (C=O) groups is 1. The molecule has 0 aromatic carbocycles. The van der Waals surface area contributed by atoms with Gasteiger partial charge < -0.3 is 10.6 Å². The number of hydrogen-bond acceptors (Lipinski definition) is 1. The quantitative estimate of drug-likeness (QED) is 0.110. The van der Waals surface area contributed by atoms with Gasteiger partial charge in [0, 0.05) is 13.1 Å². The molecular formula is C33H70N2O. The summed E-state index contributed by atoms with van der Waals surface area (Å²) < 4.78 is 0. The van der Waals surface area contributed by atoms with Crippen LogP contribution >= 0.6 is 0 Å². The van der Waals surface area contributed by atoms with Gasteiger partial charge >= 0.3 is 6.03 Å². The maximum atomic E-state index is 11.4. The predicted molar refractivity (Wildman–Crippen MR) is 164 cm³/mol. The summed E-state index contributed by atoms with van der Waals surface area (Å²) in [7, 11) is 0. The Balaban J connectivity index is 0. The van der Waals surface area contributed by atoms with E-state index in [1.54, 1.807) is 0 Å². The number of rotatable bonds is 27. The third-order valence-corrected chi connectivity index (χ3v) is 7.33. The minimum absolute atomic E-state index is 0.243. The second kappa shape index (κ2) is 34.3. The maximum absolute atomic E-state index is 11.4. The smallest absolute Gasteiger partial charge is 0.314 e. The fourth-order valence-corrected chi connectivity index (χ4v) is 4.77. The lowest BCUT2D eigenvalue weighted by atomic mass is 10.0. The summed E-state index contributed by atoms with van der Waals surface area (Å²) in [5, 5.41) is 0. The first kappa shape index (κ1) is 37.4. The van der Waals surface area contributed by atoms with Gasteiger partial charge in [0.1, 0.15) is 0 Å². The molecule has 2 N–H and O–H groups in total. The van der Waals surface area contributed by atoms with Crippen molar-refractivity contribution in [1.82, 2.24) is 4.90 Å². The third kappa shape index (κ3) is 33.3. The Morgan fingerprint density at radius 3 is 0.778 bits per heavy atom. The fraction of sp³-hybridized carbons (Fsp3) is 0.970. The van der Waals surface area contributed by atoms with Gasteiger partial charge in [-0.25, -0.2) is 4.79 Å². The van der Waals surface area contributed by atoms with Gasteiger partial charge in [0.2, 0.25) is 0 Å². The number of nitrogens with two attached hydrogens (primary N) is 1. The minimum atomic E-state index is -0.243.